The van der Waals surface area contributed by atoms with Crippen LogP contribution in [0.4, 0.5) is 0 Å². The maximum atomic E-state index is 10.9. The first-order valence-corrected chi connectivity index (χ1v) is 6.52. The number of rotatable bonds is 4. The second-order valence-corrected chi connectivity index (χ2v) is 4.96. The van der Waals surface area contributed by atoms with Gasteiger partial charge in [-0.1, -0.05) is 0 Å². The number of aromatic nitrogens is 2. The van der Waals surface area contributed by atoms with Crippen LogP contribution in [0.15, 0.2) is 6.20 Å². The van der Waals surface area contributed by atoms with Gasteiger partial charge in [-0.2, -0.15) is 0 Å². The number of ether oxygens (including phenoxy) is 1. The van der Waals surface area contributed by atoms with Crippen LogP contribution < -0.4 is 10.5 Å². The predicted molar refractivity (Wildman–Crippen MR) is 70.8 cm³/mol. The van der Waals surface area contributed by atoms with Crippen LogP contribution in [0.1, 0.15) is 24.2 Å². The number of carbonyl (C=O) groups excluding carboxylic acids is 1. The predicted octanol–water partition coefficient (Wildman–Crippen LogP) is 0.422. The molecule has 104 valence electrons. The van der Waals surface area contributed by atoms with E-state index in [2.05, 4.69) is 14.9 Å². The number of nitrogens with two attached hydrogens (primary N) is 1. The summed E-state index contributed by atoms with van der Waals surface area (Å²) in [5.41, 5.74) is 6.85. The molecule has 19 heavy (non-hydrogen) atoms. The number of hydrogen-bond donors (Lipinski definition) is 1. The highest BCUT2D eigenvalue weighted by Crippen LogP contribution is 2.19. The summed E-state index contributed by atoms with van der Waals surface area (Å²) in [6.07, 6.45) is 3.63. The van der Waals surface area contributed by atoms with Gasteiger partial charge in [0, 0.05) is 19.3 Å². The van der Waals surface area contributed by atoms with Crippen molar-refractivity contribution in [3.63, 3.8) is 0 Å². The molecule has 1 saturated heterocycles. The molecule has 0 radical (unpaired) electrons. The number of nitrogens with zero attached hydrogens (tertiary/aromatic N) is 3. The number of primary amides is 1. The first kappa shape index (κ1) is 13.7. The molecule has 0 bridgehead atoms. The fraction of sp³-hybridized carbons (Fsp3) is 0.615. The van der Waals surface area contributed by atoms with E-state index in [1.807, 2.05) is 13.8 Å². The van der Waals surface area contributed by atoms with E-state index in [0.717, 1.165) is 37.3 Å². The van der Waals surface area contributed by atoms with Gasteiger partial charge in [-0.25, -0.2) is 4.98 Å². The molecule has 1 fully saturated rings. The molecule has 0 saturated carbocycles. The molecule has 0 aliphatic carbocycles. The molecule has 1 aromatic rings. The molecule has 0 spiro atoms. The number of hydrogen-bond acceptors (Lipinski definition) is 5. The quantitative estimate of drug-likeness (QED) is 0.852. The standard InChI is InChI=1S/C13H20N4O2/c1-9-7-15-10(2)13(16-9)19-11-3-5-17(6-4-11)8-12(14)18/h7,11H,3-6,8H2,1-2H3,(H2,14,18). The number of carbonyl (C=O) groups is 1. The Bertz CT molecular complexity index is 456. The molecule has 2 N–H and O–H groups in total. The smallest absolute Gasteiger partial charge is 0.235 e. The molecule has 0 atom stereocenters. The van der Waals surface area contributed by atoms with E-state index in [-0.39, 0.29) is 12.0 Å². The van der Waals surface area contributed by atoms with E-state index < -0.39 is 0 Å². The normalized spacial score (nSPS) is 17.4. The summed E-state index contributed by atoms with van der Waals surface area (Å²) in [7, 11) is 0. The summed E-state index contributed by atoms with van der Waals surface area (Å²) in [5.74, 6) is 0.341. The third kappa shape index (κ3) is 3.89. The monoisotopic (exact) mass is 264 g/mol. The summed E-state index contributed by atoms with van der Waals surface area (Å²) < 4.78 is 5.90. The van der Waals surface area contributed by atoms with Gasteiger partial charge in [0.15, 0.2) is 0 Å². The molecule has 2 heterocycles. The molecule has 0 aromatic carbocycles. The van der Waals surface area contributed by atoms with Crippen LogP contribution in [0.25, 0.3) is 0 Å². The van der Waals surface area contributed by atoms with Crippen molar-refractivity contribution < 1.29 is 9.53 Å². The van der Waals surface area contributed by atoms with E-state index in [1.165, 1.54) is 0 Å². The number of amides is 1. The molecular weight excluding hydrogens is 244 g/mol. The van der Waals surface area contributed by atoms with Crippen LogP contribution in [0.2, 0.25) is 0 Å². The lowest BCUT2D eigenvalue weighted by molar-refractivity contribution is -0.119. The topological polar surface area (TPSA) is 81.3 Å². The van der Waals surface area contributed by atoms with Crippen molar-refractivity contribution in [2.24, 2.45) is 5.73 Å². The lowest BCUT2D eigenvalue weighted by atomic mass is 10.1. The van der Waals surface area contributed by atoms with Crippen molar-refractivity contribution in [3.05, 3.63) is 17.6 Å². The maximum Gasteiger partial charge on any atom is 0.235 e. The summed E-state index contributed by atoms with van der Waals surface area (Å²) in [5, 5.41) is 0. The summed E-state index contributed by atoms with van der Waals surface area (Å²) in [4.78, 5) is 21.5. The zero-order chi connectivity index (χ0) is 13.8. The molecule has 6 heteroatoms. The Balaban J connectivity index is 1.88. The van der Waals surface area contributed by atoms with Crippen molar-refractivity contribution in [2.45, 2.75) is 32.8 Å². The van der Waals surface area contributed by atoms with Gasteiger partial charge in [0.2, 0.25) is 11.8 Å². The first-order valence-electron chi connectivity index (χ1n) is 6.52. The van der Waals surface area contributed by atoms with Crippen LogP contribution in [-0.2, 0) is 4.79 Å². The number of aryl methyl sites for hydroxylation is 2. The van der Waals surface area contributed by atoms with Gasteiger partial charge < -0.3 is 10.5 Å². The molecular formula is C13H20N4O2. The van der Waals surface area contributed by atoms with Crippen LogP contribution >= 0.6 is 0 Å². The van der Waals surface area contributed by atoms with Crippen molar-refractivity contribution >= 4 is 5.91 Å². The first-order chi connectivity index (χ1) is 9.04. The van der Waals surface area contributed by atoms with Gasteiger partial charge in [0.25, 0.3) is 0 Å². The molecule has 0 unspecified atom stereocenters. The molecule has 1 aromatic heterocycles. The highest BCUT2D eigenvalue weighted by molar-refractivity contribution is 5.75. The minimum atomic E-state index is -0.278. The van der Waals surface area contributed by atoms with Crippen LogP contribution in [0.5, 0.6) is 5.88 Å². The Morgan fingerprint density at radius 2 is 2.16 bits per heavy atom. The maximum absolute atomic E-state index is 10.9. The Morgan fingerprint density at radius 1 is 1.47 bits per heavy atom. The van der Waals surface area contributed by atoms with E-state index in [4.69, 9.17) is 10.5 Å². The third-order valence-electron chi connectivity index (χ3n) is 3.22. The van der Waals surface area contributed by atoms with E-state index in [9.17, 15) is 4.79 Å². The van der Waals surface area contributed by atoms with Gasteiger partial charge in [-0.05, 0) is 26.7 Å². The van der Waals surface area contributed by atoms with Crippen molar-refractivity contribution in [3.8, 4) is 5.88 Å². The van der Waals surface area contributed by atoms with Gasteiger partial charge in [-0.3, -0.25) is 14.7 Å². The molecule has 6 nitrogen and oxygen atoms in total. The Hall–Kier alpha value is -1.69. The summed E-state index contributed by atoms with van der Waals surface area (Å²) in [6, 6.07) is 0. The molecule has 2 rings (SSSR count). The highest BCUT2D eigenvalue weighted by atomic mass is 16.5. The van der Waals surface area contributed by atoms with Crippen molar-refractivity contribution in [2.75, 3.05) is 19.6 Å². The Kier molecular flexibility index (Phi) is 4.31. The zero-order valence-electron chi connectivity index (χ0n) is 11.4. The van der Waals surface area contributed by atoms with Gasteiger partial charge in [0.1, 0.15) is 6.10 Å². The summed E-state index contributed by atoms with van der Waals surface area (Å²) >= 11 is 0. The van der Waals surface area contributed by atoms with Crippen LogP contribution in [0.3, 0.4) is 0 Å². The van der Waals surface area contributed by atoms with Crippen LogP contribution in [-0.4, -0.2) is 46.5 Å². The van der Waals surface area contributed by atoms with E-state index in [1.54, 1.807) is 6.20 Å². The second kappa shape index (κ2) is 5.97. The van der Waals surface area contributed by atoms with Crippen molar-refractivity contribution in [1.82, 2.24) is 14.9 Å². The number of piperidine rings is 1. The Labute approximate surface area is 113 Å². The average molecular weight is 264 g/mol. The zero-order valence-corrected chi connectivity index (χ0v) is 11.4. The largest absolute Gasteiger partial charge is 0.473 e. The third-order valence-corrected chi connectivity index (χ3v) is 3.22. The van der Waals surface area contributed by atoms with Gasteiger partial charge in [0.05, 0.1) is 17.9 Å². The fourth-order valence-corrected chi connectivity index (χ4v) is 2.19. The van der Waals surface area contributed by atoms with E-state index in [0.29, 0.717) is 12.4 Å². The lowest BCUT2D eigenvalue weighted by Crippen LogP contribution is -2.42. The van der Waals surface area contributed by atoms with Gasteiger partial charge in [-0.15, -0.1) is 0 Å². The molecule has 1 aliphatic heterocycles. The summed E-state index contributed by atoms with van der Waals surface area (Å²) in [6.45, 7) is 5.77. The minimum Gasteiger partial charge on any atom is -0.473 e. The van der Waals surface area contributed by atoms with Gasteiger partial charge >= 0.3 is 0 Å². The number of likely N-dealkylation sites (tertiary alicyclic amines) is 1. The van der Waals surface area contributed by atoms with Crippen LogP contribution in [0, 0.1) is 13.8 Å². The lowest BCUT2D eigenvalue weighted by Gasteiger charge is -2.31. The SMILES string of the molecule is Cc1cnc(C)c(OC2CCN(CC(N)=O)CC2)n1. The highest BCUT2D eigenvalue weighted by Gasteiger charge is 2.22. The molecule has 1 amide bonds. The van der Waals surface area contributed by atoms with E-state index >= 15 is 0 Å². The Morgan fingerprint density at radius 3 is 2.79 bits per heavy atom. The second-order valence-electron chi connectivity index (χ2n) is 4.96. The molecule has 1 aliphatic rings. The average Bonchev–Trinajstić information content (AvgIpc) is 2.35. The van der Waals surface area contributed by atoms with Crippen molar-refractivity contribution in [1.29, 1.82) is 0 Å². The fourth-order valence-electron chi connectivity index (χ4n) is 2.19. The minimum absolute atomic E-state index is 0.138.